The van der Waals surface area contributed by atoms with Crippen molar-refractivity contribution in [2.45, 2.75) is 23.3 Å². The molecule has 0 bridgehead atoms. The molecule has 3 rings (SSSR count). The minimum absolute atomic E-state index is 0.0437. The first-order chi connectivity index (χ1) is 11.6. The molecule has 132 valence electrons. The topological polar surface area (TPSA) is 65.9 Å². The number of hydrogen-bond donors (Lipinski definition) is 1. The summed E-state index contributed by atoms with van der Waals surface area (Å²) < 4.78 is 5.58. The summed E-state index contributed by atoms with van der Waals surface area (Å²) in [6.45, 7) is 4.28. The fourth-order valence-electron chi connectivity index (χ4n) is 3.25. The lowest BCUT2D eigenvalue weighted by Gasteiger charge is -2.34. The van der Waals surface area contributed by atoms with E-state index < -0.39 is 5.60 Å². The fourth-order valence-corrected chi connectivity index (χ4v) is 4.04. The van der Waals surface area contributed by atoms with Crippen molar-refractivity contribution >= 4 is 17.7 Å². The number of amides is 1. The zero-order valence-corrected chi connectivity index (χ0v) is 14.7. The third kappa shape index (κ3) is 4.92. The second-order valence-corrected chi connectivity index (χ2v) is 7.60. The van der Waals surface area contributed by atoms with E-state index in [4.69, 9.17) is 4.74 Å². The van der Waals surface area contributed by atoms with E-state index in [9.17, 15) is 9.90 Å². The maximum absolute atomic E-state index is 12.6. The Bertz CT molecular complexity index is 539. The van der Waals surface area contributed by atoms with Gasteiger partial charge in [-0.25, -0.2) is 0 Å². The Kier molecular flexibility index (Phi) is 6.10. The summed E-state index contributed by atoms with van der Waals surface area (Å²) in [4.78, 5) is 21.6. The molecule has 0 aliphatic carbocycles. The van der Waals surface area contributed by atoms with Gasteiger partial charge in [0.2, 0.25) is 5.91 Å². The third-order valence-electron chi connectivity index (χ3n) is 4.44. The molecule has 2 aliphatic heterocycles. The Hall–Kier alpha value is -1.15. The molecule has 7 heteroatoms. The van der Waals surface area contributed by atoms with Gasteiger partial charge in [-0.2, -0.15) is 0 Å². The van der Waals surface area contributed by atoms with Gasteiger partial charge >= 0.3 is 0 Å². The van der Waals surface area contributed by atoms with Crippen LogP contribution in [0, 0.1) is 0 Å². The number of likely N-dealkylation sites (tertiary alicyclic amines) is 1. The molecule has 0 aromatic carbocycles. The van der Waals surface area contributed by atoms with Gasteiger partial charge in [0.05, 0.1) is 25.5 Å². The molecule has 1 amide bonds. The van der Waals surface area contributed by atoms with E-state index in [-0.39, 0.29) is 5.91 Å². The minimum atomic E-state index is -0.974. The second kappa shape index (κ2) is 8.29. The summed E-state index contributed by atoms with van der Waals surface area (Å²) in [5.74, 6) is 0.409. The van der Waals surface area contributed by atoms with E-state index in [0.717, 1.165) is 18.0 Å². The standard InChI is InChI=1S/C17H25N3O3S/c21-16(11-24-15-3-5-18-6-4-15)20-9-10-23-14-17(22,13-20)12-19-7-1-2-8-19/h3-6,22H,1-2,7-14H2/t17-/m0/s1. The number of carbonyl (C=O) groups is 1. The molecule has 0 radical (unpaired) electrons. The van der Waals surface area contributed by atoms with E-state index in [1.54, 1.807) is 17.3 Å². The highest BCUT2D eigenvalue weighted by Gasteiger charge is 2.36. The van der Waals surface area contributed by atoms with Crippen molar-refractivity contribution in [2.24, 2.45) is 0 Å². The molecule has 6 nitrogen and oxygen atoms in total. The monoisotopic (exact) mass is 351 g/mol. The highest BCUT2D eigenvalue weighted by Crippen LogP contribution is 2.20. The van der Waals surface area contributed by atoms with E-state index in [1.165, 1.54) is 24.6 Å². The predicted molar refractivity (Wildman–Crippen MR) is 93.0 cm³/mol. The number of aromatic nitrogens is 1. The van der Waals surface area contributed by atoms with Crippen LogP contribution in [-0.2, 0) is 9.53 Å². The molecule has 1 N–H and O–H groups in total. The third-order valence-corrected chi connectivity index (χ3v) is 5.44. The van der Waals surface area contributed by atoms with Gasteiger partial charge in [0.15, 0.2) is 0 Å². The van der Waals surface area contributed by atoms with Gasteiger partial charge in [-0.15, -0.1) is 11.8 Å². The molecule has 0 spiro atoms. The van der Waals surface area contributed by atoms with Gasteiger partial charge in [0.1, 0.15) is 5.60 Å². The number of aliphatic hydroxyl groups is 1. The molecule has 0 saturated carbocycles. The first-order valence-electron chi connectivity index (χ1n) is 8.48. The van der Waals surface area contributed by atoms with E-state index in [1.807, 2.05) is 12.1 Å². The van der Waals surface area contributed by atoms with Crippen LogP contribution < -0.4 is 0 Å². The summed E-state index contributed by atoms with van der Waals surface area (Å²) >= 11 is 1.50. The number of hydrogen-bond acceptors (Lipinski definition) is 6. The summed E-state index contributed by atoms with van der Waals surface area (Å²) in [5, 5.41) is 10.9. The van der Waals surface area contributed by atoms with Crippen LogP contribution in [0.15, 0.2) is 29.4 Å². The van der Waals surface area contributed by atoms with Crippen molar-refractivity contribution in [1.82, 2.24) is 14.8 Å². The fraction of sp³-hybridized carbons (Fsp3) is 0.647. The van der Waals surface area contributed by atoms with Crippen LogP contribution in [0.5, 0.6) is 0 Å². The van der Waals surface area contributed by atoms with Crippen molar-refractivity contribution in [3.05, 3.63) is 24.5 Å². The SMILES string of the molecule is O=C(CSc1ccncc1)N1CCOC[C@](O)(CN2CCCC2)C1. The number of rotatable bonds is 5. The Morgan fingerprint density at radius 1 is 1.29 bits per heavy atom. The van der Waals surface area contributed by atoms with Gasteiger partial charge in [-0.05, 0) is 38.1 Å². The zero-order chi connectivity index (χ0) is 16.8. The molecule has 1 atom stereocenters. The van der Waals surface area contributed by atoms with Crippen LogP contribution in [0.4, 0.5) is 0 Å². The van der Waals surface area contributed by atoms with Crippen molar-refractivity contribution in [2.75, 3.05) is 51.7 Å². The molecule has 24 heavy (non-hydrogen) atoms. The molecule has 0 unspecified atom stereocenters. The van der Waals surface area contributed by atoms with Crippen molar-refractivity contribution in [3.8, 4) is 0 Å². The maximum Gasteiger partial charge on any atom is 0.233 e. The number of nitrogens with zero attached hydrogens (tertiary/aromatic N) is 3. The van der Waals surface area contributed by atoms with Gasteiger partial charge in [0.25, 0.3) is 0 Å². The average molecular weight is 351 g/mol. The normalized spacial score (nSPS) is 25.6. The van der Waals surface area contributed by atoms with E-state index >= 15 is 0 Å². The first-order valence-corrected chi connectivity index (χ1v) is 9.46. The predicted octanol–water partition coefficient (Wildman–Crippen LogP) is 0.859. The van der Waals surface area contributed by atoms with Crippen LogP contribution in [0.3, 0.4) is 0 Å². The van der Waals surface area contributed by atoms with Crippen LogP contribution >= 0.6 is 11.8 Å². The molecule has 3 heterocycles. The van der Waals surface area contributed by atoms with Crippen LogP contribution in [0.1, 0.15) is 12.8 Å². The highest BCUT2D eigenvalue weighted by molar-refractivity contribution is 8.00. The molecule has 2 aliphatic rings. The number of carbonyl (C=O) groups excluding carboxylic acids is 1. The number of pyridine rings is 1. The maximum atomic E-state index is 12.6. The average Bonchev–Trinajstić information content (AvgIpc) is 3.01. The van der Waals surface area contributed by atoms with E-state index in [0.29, 0.717) is 38.6 Å². The second-order valence-electron chi connectivity index (χ2n) is 6.55. The van der Waals surface area contributed by atoms with Crippen molar-refractivity contribution in [1.29, 1.82) is 0 Å². The van der Waals surface area contributed by atoms with Crippen LogP contribution in [0.2, 0.25) is 0 Å². The van der Waals surface area contributed by atoms with Crippen LogP contribution in [0.25, 0.3) is 0 Å². The molecular formula is C17H25N3O3S. The van der Waals surface area contributed by atoms with Gasteiger partial charge in [-0.3, -0.25) is 9.78 Å². The molecule has 2 fully saturated rings. The van der Waals surface area contributed by atoms with Crippen molar-refractivity contribution < 1.29 is 14.6 Å². The summed E-state index contributed by atoms with van der Waals surface area (Å²) in [6, 6.07) is 3.79. The molecule has 1 aromatic rings. The van der Waals surface area contributed by atoms with Gasteiger partial charge in [-0.1, -0.05) is 0 Å². The molecule has 2 saturated heterocycles. The summed E-state index contributed by atoms with van der Waals surface area (Å²) in [5.41, 5.74) is -0.974. The molecule has 1 aromatic heterocycles. The number of thioether (sulfide) groups is 1. The Balaban J connectivity index is 1.56. The lowest BCUT2D eigenvalue weighted by molar-refractivity contribution is -0.131. The lowest BCUT2D eigenvalue weighted by Crippen LogP contribution is -2.53. The number of β-amino-alcohol motifs (C(OH)–C–C–N with tert-alkyl or cyclic N) is 1. The van der Waals surface area contributed by atoms with Crippen molar-refractivity contribution in [3.63, 3.8) is 0 Å². The zero-order valence-electron chi connectivity index (χ0n) is 13.9. The quantitative estimate of drug-likeness (QED) is 0.794. The smallest absolute Gasteiger partial charge is 0.233 e. The molecular weight excluding hydrogens is 326 g/mol. The van der Waals surface area contributed by atoms with Gasteiger partial charge < -0.3 is 19.6 Å². The highest BCUT2D eigenvalue weighted by atomic mass is 32.2. The summed E-state index contributed by atoms with van der Waals surface area (Å²) in [7, 11) is 0. The Morgan fingerprint density at radius 2 is 2.04 bits per heavy atom. The number of ether oxygens (including phenoxy) is 1. The Labute approximate surface area is 147 Å². The van der Waals surface area contributed by atoms with Crippen LogP contribution in [-0.4, -0.2) is 83.1 Å². The van der Waals surface area contributed by atoms with E-state index in [2.05, 4.69) is 9.88 Å². The van der Waals surface area contributed by atoms with Gasteiger partial charge in [0, 0.05) is 30.4 Å². The largest absolute Gasteiger partial charge is 0.384 e. The minimum Gasteiger partial charge on any atom is -0.384 e. The first kappa shape index (κ1) is 17.7. The summed E-state index contributed by atoms with van der Waals surface area (Å²) in [6.07, 6.45) is 5.81. The lowest BCUT2D eigenvalue weighted by atomic mass is 10.0. The Morgan fingerprint density at radius 3 is 2.79 bits per heavy atom.